The highest BCUT2D eigenvalue weighted by atomic mass is 127. The Morgan fingerprint density at radius 1 is 1.56 bits per heavy atom. The zero-order valence-corrected chi connectivity index (χ0v) is 12.1. The summed E-state index contributed by atoms with van der Waals surface area (Å²) in [5.41, 5.74) is -0.519. The highest BCUT2D eigenvalue weighted by molar-refractivity contribution is 14.1. The molecule has 1 rings (SSSR count). The molecular weight excluding hydrogens is 321 g/mol. The van der Waals surface area contributed by atoms with Crippen molar-refractivity contribution in [1.29, 1.82) is 0 Å². The maximum atomic E-state index is 11.9. The number of allylic oxidation sites excluding steroid dienone is 1. The molecule has 0 aromatic rings. The van der Waals surface area contributed by atoms with Crippen LogP contribution in [0.4, 0.5) is 4.79 Å². The van der Waals surface area contributed by atoms with E-state index in [0.717, 1.165) is 0 Å². The summed E-state index contributed by atoms with van der Waals surface area (Å²) in [6.07, 6.45) is 1.43. The first-order chi connectivity index (χ1) is 7.20. The van der Waals surface area contributed by atoms with Crippen LogP contribution in [-0.4, -0.2) is 28.4 Å². The first kappa shape index (κ1) is 13.5. The number of nitrogens with zero attached hydrogens (tertiary/aromatic N) is 1. The summed E-state index contributed by atoms with van der Waals surface area (Å²) in [6.45, 7) is 7.30. The van der Waals surface area contributed by atoms with Gasteiger partial charge in [-0.2, -0.15) is 0 Å². The van der Waals surface area contributed by atoms with Crippen molar-refractivity contribution in [3.05, 3.63) is 9.78 Å². The van der Waals surface area contributed by atoms with Gasteiger partial charge in [0.1, 0.15) is 5.60 Å². The normalized spacial score (nSPS) is 21.8. The number of hydrogen-bond donors (Lipinski definition) is 0. The molecule has 4 nitrogen and oxygen atoms in total. The van der Waals surface area contributed by atoms with Gasteiger partial charge in [-0.25, -0.2) is 4.79 Å². The molecule has 0 radical (unpaired) electrons. The van der Waals surface area contributed by atoms with E-state index in [1.165, 1.54) is 11.0 Å². The lowest BCUT2D eigenvalue weighted by atomic mass is 10.1. The topological polar surface area (TPSA) is 46.6 Å². The van der Waals surface area contributed by atoms with Crippen LogP contribution in [0.25, 0.3) is 0 Å². The van der Waals surface area contributed by atoms with Gasteiger partial charge < -0.3 is 4.74 Å². The van der Waals surface area contributed by atoms with Gasteiger partial charge in [-0.15, -0.1) is 0 Å². The molecule has 90 valence electrons. The molecule has 1 heterocycles. The molecule has 0 aromatic carbocycles. The van der Waals surface area contributed by atoms with Gasteiger partial charge in [0, 0.05) is 18.5 Å². The van der Waals surface area contributed by atoms with Crippen molar-refractivity contribution in [2.24, 2.45) is 0 Å². The number of carbonyl (C=O) groups excluding carboxylic acids is 2. The van der Waals surface area contributed by atoms with Crippen LogP contribution in [0.3, 0.4) is 0 Å². The number of carbonyl (C=O) groups is 2. The predicted molar refractivity (Wildman–Crippen MR) is 69.3 cm³/mol. The molecule has 0 aliphatic carbocycles. The van der Waals surface area contributed by atoms with Crippen molar-refractivity contribution < 1.29 is 14.3 Å². The van der Waals surface area contributed by atoms with Gasteiger partial charge in [-0.3, -0.25) is 9.69 Å². The fourth-order valence-corrected chi connectivity index (χ4v) is 2.45. The highest BCUT2D eigenvalue weighted by Crippen LogP contribution is 2.26. The van der Waals surface area contributed by atoms with Gasteiger partial charge in [0.2, 0.25) is 0 Å². The van der Waals surface area contributed by atoms with E-state index in [2.05, 4.69) is 0 Å². The number of hydrogen-bond acceptors (Lipinski definition) is 3. The summed E-state index contributed by atoms with van der Waals surface area (Å²) in [5.74, 6) is 0.0525. The number of ether oxygens (including phenoxy) is 1. The summed E-state index contributed by atoms with van der Waals surface area (Å²) in [7, 11) is 0. The predicted octanol–water partition coefficient (Wildman–Crippen LogP) is 2.86. The molecule has 0 saturated carbocycles. The number of halogens is 1. The molecule has 5 heteroatoms. The van der Waals surface area contributed by atoms with Crippen molar-refractivity contribution in [1.82, 2.24) is 4.90 Å². The Morgan fingerprint density at radius 3 is 2.56 bits per heavy atom. The smallest absolute Gasteiger partial charge is 0.415 e. The van der Waals surface area contributed by atoms with E-state index in [1.807, 2.05) is 50.3 Å². The number of ketones is 1. The molecule has 0 bridgehead atoms. The molecule has 0 saturated heterocycles. The Kier molecular flexibility index (Phi) is 3.98. The Hall–Kier alpha value is -0.590. The molecule has 1 aliphatic rings. The molecule has 0 aromatic heterocycles. The Morgan fingerprint density at radius 2 is 2.12 bits per heavy atom. The zero-order valence-electron chi connectivity index (χ0n) is 9.91. The van der Waals surface area contributed by atoms with Crippen LogP contribution in [-0.2, 0) is 9.53 Å². The van der Waals surface area contributed by atoms with E-state index in [-0.39, 0.29) is 11.8 Å². The zero-order chi connectivity index (χ0) is 12.5. The maximum absolute atomic E-state index is 11.9. The Bertz CT molecular complexity index is 344. The highest BCUT2D eigenvalue weighted by Gasteiger charge is 2.31. The third-order valence-corrected chi connectivity index (χ3v) is 2.87. The largest absolute Gasteiger partial charge is 0.443 e. The van der Waals surface area contributed by atoms with E-state index in [4.69, 9.17) is 4.74 Å². The van der Waals surface area contributed by atoms with Crippen LogP contribution in [0, 0.1) is 0 Å². The van der Waals surface area contributed by atoms with Gasteiger partial charge in [0.05, 0.1) is 3.70 Å². The van der Waals surface area contributed by atoms with Crippen LogP contribution in [0.5, 0.6) is 0 Å². The van der Waals surface area contributed by atoms with Crippen LogP contribution in [0.1, 0.15) is 34.1 Å². The second-order valence-corrected chi connectivity index (χ2v) is 5.94. The second-order valence-electron chi connectivity index (χ2n) is 4.84. The summed E-state index contributed by atoms with van der Waals surface area (Å²) in [6, 6.07) is -0.140. The number of amides is 1. The molecule has 0 N–H and O–H groups in total. The second kappa shape index (κ2) is 4.73. The minimum absolute atomic E-state index is 0.0525. The average Bonchev–Trinajstić information content (AvgIpc) is 1.96. The lowest BCUT2D eigenvalue weighted by Crippen LogP contribution is -2.43. The van der Waals surface area contributed by atoms with E-state index in [0.29, 0.717) is 10.1 Å². The third-order valence-electron chi connectivity index (χ3n) is 2.04. The SMILES string of the molecule is CC1CC(=O)C=C(I)N1C(=O)OC(C)(C)C. The molecule has 1 atom stereocenters. The standard InChI is InChI=1S/C11H16INO3/c1-7-5-8(14)6-9(12)13(7)10(15)16-11(2,3)4/h6-7H,5H2,1-4H3. The van der Waals surface area contributed by atoms with Crippen molar-refractivity contribution >= 4 is 34.5 Å². The summed E-state index contributed by atoms with van der Waals surface area (Å²) < 4.78 is 5.90. The monoisotopic (exact) mass is 337 g/mol. The fourth-order valence-electron chi connectivity index (χ4n) is 1.43. The molecule has 0 spiro atoms. The van der Waals surface area contributed by atoms with E-state index in [9.17, 15) is 9.59 Å². The summed E-state index contributed by atoms with van der Waals surface area (Å²) in [4.78, 5) is 24.7. The molecule has 16 heavy (non-hydrogen) atoms. The third kappa shape index (κ3) is 3.47. The van der Waals surface area contributed by atoms with Crippen LogP contribution in [0.15, 0.2) is 9.78 Å². The van der Waals surface area contributed by atoms with E-state index >= 15 is 0 Å². The van der Waals surface area contributed by atoms with Crippen molar-refractivity contribution in [2.45, 2.75) is 45.8 Å². The van der Waals surface area contributed by atoms with E-state index in [1.54, 1.807) is 0 Å². The first-order valence-corrected chi connectivity index (χ1v) is 6.21. The lowest BCUT2D eigenvalue weighted by Gasteiger charge is -2.33. The van der Waals surface area contributed by atoms with Gasteiger partial charge in [-0.05, 0) is 50.3 Å². The van der Waals surface area contributed by atoms with Crippen molar-refractivity contribution in [3.63, 3.8) is 0 Å². The van der Waals surface area contributed by atoms with Gasteiger partial charge in [0.25, 0.3) is 0 Å². The van der Waals surface area contributed by atoms with Gasteiger partial charge in [-0.1, -0.05) is 0 Å². The Labute approximate surface area is 109 Å². The van der Waals surface area contributed by atoms with Crippen LogP contribution >= 0.6 is 22.6 Å². The average molecular weight is 337 g/mol. The quantitative estimate of drug-likeness (QED) is 0.504. The first-order valence-electron chi connectivity index (χ1n) is 5.13. The minimum Gasteiger partial charge on any atom is -0.443 e. The maximum Gasteiger partial charge on any atom is 0.415 e. The molecule has 1 aliphatic heterocycles. The summed E-state index contributed by atoms with van der Waals surface area (Å²) >= 11 is 1.98. The molecule has 1 amide bonds. The van der Waals surface area contributed by atoms with Crippen LogP contribution in [0.2, 0.25) is 0 Å². The Balaban J connectivity index is 2.83. The number of rotatable bonds is 0. The van der Waals surface area contributed by atoms with Gasteiger partial charge >= 0.3 is 6.09 Å². The van der Waals surface area contributed by atoms with E-state index < -0.39 is 11.7 Å². The molecular formula is C11H16INO3. The minimum atomic E-state index is -0.519. The molecule has 1 unspecified atom stereocenters. The lowest BCUT2D eigenvalue weighted by molar-refractivity contribution is -0.116. The van der Waals surface area contributed by atoms with Crippen molar-refractivity contribution in [3.8, 4) is 0 Å². The summed E-state index contributed by atoms with van der Waals surface area (Å²) in [5, 5.41) is 0. The molecule has 0 fully saturated rings. The van der Waals surface area contributed by atoms with Crippen LogP contribution < -0.4 is 0 Å². The van der Waals surface area contributed by atoms with Gasteiger partial charge in [0.15, 0.2) is 5.78 Å². The van der Waals surface area contributed by atoms with Crippen molar-refractivity contribution in [2.75, 3.05) is 0 Å². The fraction of sp³-hybridized carbons (Fsp3) is 0.636.